The third kappa shape index (κ3) is 7.98. The molecule has 3 aliphatic heterocycles. The SMILES string of the molecule is CC(C)(C)c1ccc(N2c3cc(N4c5ccc(C(C)(C)C)cc5C5(C)CCCCC45C)cc4c3B(c3cc5c(cc3N4c3cccc4c3sc3ccccc34)C(C)(C)CCC5(C)C)c3ccc4c(sc5ccc(C(C)(C)C)cc54)c32)c(-c2ccccc2)c1. The summed E-state index contributed by atoms with van der Waals surface area (Å²) in [5, 5.41) is 5.32. The monoisotopic (exact) mass is 1190 g/mol. The fourth-order valence-electron chi connectivity index (χ4n) is 17.0. The molecule has 2 aromatic heterocycles. The Morgan fingerprint density at radius 3 is 1.73 bits per heavy atom. The van der Waals surface area contributed by atoms with E-state index in [0.29, 0.717) is 0 Å². The zero-order valence-electron chi connectivity index (χ0n) is 54.6. The average Bonchev–Trinajstić information content (AvgIpc) is 1.09. The topological polar surface area (TPSA) is 9.72 Å². The van der Waals surface area contributed by atoms with Gasteiger partial charge in [-0.15, -0.1) is 22.7 Å². The summed E-state index contributed by atoms with van der Waals surface area (Å²) in [5.74, 6) is 0. The van der Waals surface area contributed by atoms with Crippen molar-refractivity contribution >= 4 is 132 Å². The van der Waals surface area contributed by atoms with Crippen LogP contribution in [-0.4, -0.2) is 12.3 Å². The van der Waals surface area contributed by atoms with Crippen LogP contribution in [0, 0.1) is 0 Å². The third-order valence-corrected chi connectivity index (χ3v) is 24.9. The summed E-state index contributed by atoms with van der Waals surface area (Å²) in [6.07, 6.45) is 7.00. The molecule has 16 rings (SSSR count). The van der Waals surface area contributed by atoms with Gasteiger partial charge in [-0.3, -0.25) is 0 Å². The predicted octanol–water partition coefficient (Wildman–Crippen LogP) is 22.2. The van der Waals surface area contributed by atoms with Crippen LogP contribution in [0.3, 0.4) is 0 Å². The first-order valence-corrected chi connectivity index (χ1v) is 34.4. The molecule has 0 bridgehead atoms. The molecule has 2 atom stereocenters. The van der Waals surface area contributed by atoms with Gasteiger partial charge in [-0.25, -0.2) is 0 Å². The van der Waals surface area contributed by atoms with Gasteiger partial charge < -0.3 is 14.7 Å². The van der Waals surface area contributed by atoms with Crippen LogP contribution in [0.2, 0.25) is 0 Å². The van der Waals surface area contributed by atoms with E-state index in [9.17, 15) is 0 Å². The predicted molar refractivity (Wildman–Crippen MR) is 386 cm³/mol. The molecule has 88 heavy (non-hydrogen) atoms. The summed E-state index contributed by atoms with van der Waals surface area (Å²) in [6, 6.07) is 65.9. The summed E-state index contributed by atoms with van der Waals surface area (Å²) in [4.78, 5) is 8.48. The van der Waals surface area contributed by atoms with Crippen LogP contribution in [-0.2, 0) is 32.5 Å². The minimum Gasteiger partial charge on any atom is -0.334 e. The van der Waals surface area contributed by atoms with Crippen molar-refractivity contribution < 1.29 is 0 Å². The van der Waals surface area contributed by atoms with Gasteiger partial charge in [0.15, 0.2) is 0 Å². The van der Waals surface area contributed by atoms with Crippen molar-refractivity contribution in [2.75, 3.05) is 14.7 Å². The molecule has 6 heteroatoms. The maximum absolute atomic E-state index is 2.88. The van der Waals surface area contributed by atoms with Gasteiger partial charge in [0.2, 0.25) is 0 Å². The van der Waals surface area contributed by atoms with E-state index in [2.05, 4.69) is 282 Å². The largest absolute Gasteiger partial charge is 0.334 e. The lowest BCUT2D eigenvalue weighted by Gasteiger charge is -2.51. The van der Waals surface area contributed by atoms with Crippen molar-refractivity contribution in [1.29, 1.82) is 0 Å². The summed E-state index contributed by atoms with van der Waals surface area (Å²) >= 11 is 3.95. The molecule has 11 aromatic rings. The average molecular weight is 1190 g/mol. The van der Waals surface area contributed by atoms with E-state index in [4.69, 9.17) is 0 Å². The molecule has 2 aliphatic carbocycles. The van der Waals surface area contributed by atoms with Crippen LogP contribution < -0.4 is 31.1 Å². The maximum atomic E-state index is 2.88. The van der Waals surface area contributed by atoms with Crippen molar-refractivity contribution in [1.82, 2.24) is 0 Å². The van der Waals surface area contributed by atoms with E-state index in [0.717, 1.165) is 25.7 Å². The first kappa shape index (κ1) is 56.1. The minimum atomic E-state index is -0.202. The third-order valence-electron chi connectivity index (χ3n) is 22.5. The molecule has 442 valence electrons. The van der Waals surface area contributed by atoms with Crippen LogP contribution in [0.25, 0.3) is 51.5 Å². The normalized spacial score (nSPS) is 20.1. The fourth-order valence-corrected chi connectivity index (χ4v) is 19.5. The number of thiophene rings is 2. The lowest BCUT2D eigenvalue weighted by Crippen LogP contribution is -2.62. The van der Waals surface area contributed by atoms with E-state index in [1.165, 1.54) is 160 Å². The van der Waals surface area contributed by atoms with Crippen LogP contribution in [0.1, 0.15) is 176 Å². The first-order chi connectivity index (χ1) is 41.7. The van der Waals surface area contributed by atoms with E-state index >= 15 is 0 Å². The van der Waals surface area contributed by atoms with Crippen LogP contribution in [0.5, 0.6) is 0 Å². The Bertz CT molecular complexity index is 4760. The molecular weight excluding hydrogens is 1100 g/mol. The Hall–Kier alpha value is -7.12. The molecule has 0 amide bonds. The minimum absolute atomic E-state index is 0.000699. The van der Waals surface area contributed by atoms with Crippen LogP contribution >= 0.6 is 22.7 Å². The summed E-state index contributed by atoms with van der Waals surface area (Å²) in [6.45, 7) is 36.6. The second-order valence-electron chi connectivity index (χ2n) is 31.9. The van der Waals surface area contributed by atoms with E-state index in [1.807, 2.05) is 22.7 Å². The molecule has 0 spiro atoms. The lowest BCUT2D eigenvalue weighted by atomic mass is 9.33. The molecule has 0 N–H and O–H groups in total. The van der Waals surface area contributed by atoms with Gasteiger partial charge in [0.05, 0.1) is 32.0 Å². The molecule has 9 aromatic carbocycles. The standard InChI is InChI=1S/C82H84BN3S2/c1-76(2,3)50-30-35-64(57(42-50)49-24-17-16-18-25-49)85-69-46-53(86-65-36-31-52(78(7,8)9)44-61(65)81(14)38-21-22-39-82(81,86)15)45-68-72(69)83(62-34-33-56-58-43-51(77(4,5)6)32-37-71(58)88-75(56)73(62)85)63-47-59-60(80(12,13)41-40-79(59,10)11)48-67(63)84(68)66-28-23-27-55-54-26-19-20-29-70(54)87-74(55)66/h16-20,23-37,42-48H,21-22,38-41H2,1-15H3. The molecule has 1 fully saturated rings. The molecule has 2 unspecified atom stereocenters. The van der Waals surface area contributed by atoms with E-state index in [1.54, 1.807) is 0 Å². The van der Waals surface area contributed by atoms with E-state index < -0.39 is 0 Å². The highest BCUT2D eigenvalue weighted by atomic mass is 32.1. The van der Waals surface area contributed by atoms with Crippen molar-refractivity contribution in [2.45, 2.75) is 180 Å². The second-order valence-corrected chi connectivity index (χ2v) is 34.0. The molecule has 1 saturated carbocycles. The zero-order chi connectivity index (χ0) is 61.1. The molecule has 3 nitrogen and oxygen atoms in total. The van der Waals surface area contributed by atoms with Gasteiger partial charge in [-0.2, -0.15) is 0 Å². The van der Waals surface area contributed by atoms with Gasteiger partial charge in [-0.05, 0) is 176 Å². The first-order valence-electron chi connectivity index (χ1n) is 32.8. The Kier molecular flexibility index (Phi) is 12.0. The highest BCUT2D eigenvalue weighted by Gasteiger charge is 2.59. The number of hydrogen-bond acceptors (Lipinski definition) is 5. The molecular formula is C82H84BN3S2. The van der Waals surface area contributed by atoms with Crippen LogP contribution in [0.15, 0.2) is 164 Å². The highest BCUT2D eigenvalue weighted by molar-refractivity contribution is 7.27. The van der Waals surface area contributed by atoms with Gasteiger partial charge in [0.1, 0.15) is 0 Å². The molecule has 5 aliphatic rings. The number of hydrogen-bond donors (Lipinski definition) is 0. The molecule has 0 radical (unpaired) electrons. The van der Waals surface area contributed by atoms with Gasteiger partial charge in [0.25, 0.3) is 6.71 Å². The van der Waals surface area contributed by atoms with Crippen molar-refractivity contribution in [2.24, 2.45) is 0 Å². The van der Waals surface area contributed by atoms with Crippen LogP contribution in [0.4, 0.5) is 45.5 Å². The van der Waals surface area contributed by atoms with Crippen molar-refractivity contribution in [3.63, 3.8) is 0 Å². The van der Waals surface area contributed by atoms with Gasteiger partial charge >= 0.3 is 0 Å². The number of fused-ring (bicyclic) bond motifs is 15. The van der Waals surface area contributed by atoms with Gasteiger partial charge in [0, 0.05) is 70.4 Å². The second kappa shape index (κ2) is 18.7. The number of nitrogens with zero attached hydrogens (tertiary/aromatic N) is 3. The van der Waals surface area contributed by atoms with Gasteiger partial charge in [-0.1, -0.05) is 213 Å². The molecule has 5 heterocycles. The number of benzene rings is 9. The fraction of sp³-hybridized carbons (Fsp3) is 0.341. The van der Waals surface area contributed by atoms with Crippen molar-refractivity contribution in [3.8, 4) is 11.1 Å². The Labute approximate surface area is 531 Å². The zero-order valence-corrected chi connectivity index (χ0v) is 56.2. The Morgan fingerprint density at radius 1 is 0.409 bits per heavy atom. The highest BCUT2D eigenvalue weighted by Crippen LogP contribution is 2.63. The smallest absolute Gasteiger partial charge is 0.252 e. The lowest BCUT2D eigenvalue weighted by molar-refractivity contribution is 0.195. The number of rotatable bonds is 4. The van der Waals surface area contributed by atoms with Crippen molar-refractivity contribution in [3.05, 3.63) is 197 Å². The molecule has 0 saturated heterocycles. The summed E-state index contributed by atoms with van der Waals surface area (Å²) in [5.41, 5.74) is 25.1. The Balaban J connectivity index is 1.10. The maximum Gasteiger partial charge on any atom is 0.252 e. The summed E-state index contributed by atoms with van der Waals surface area (Å²) in [7, 11) is 0. The number of anilines is 8. The Morgan fingerprint density at radius 2 is 1.00 bits per heavy atom. The van der Waals surface area contributed by atoms with E-state index in [-0.39, 0.29) is 44.7 Å². The quantitative estimate of drug-likeness (QED) is 0.163. The summed E-state index contributed by atoms with van der Waals surface area (Å²) < 4.78 is 5.34.